The van der Waals surface area contributed by atoms with Gasteiger partial charge >= 0.3 is 5.97 Å². The molecule has 38 heavy (non-hydrogen) atoms. The molecule has 0 aliphatic carbocycles. The van der Waals surface area contributed by atoms with Crippen LogP contribution in [-0.2, 0) is 16.0 Å². The highest BCUT2D eigenvalue weighted by Gasteiger charge is 2.22. The van der Waals surface area contributed by atoms with Crippen LogP contribution in [0, 0.1) is 17.6 Å². The minimum atomic E-state index is -1.00. The standard InChI is InChI=1S/C30H34F2N2O4/c1-19(29(37)38-30(2,3)4)8-6-5-7-9-20-10-13-22(14-11-20)34-26(35)17-16-24(28(34)33)27(36)23-15-12-21(31)18-25(23)32/h10-19H,5-9,33H2,1-4H3/t19-/m1/s1. The summed E-state index contributed by atoms with van der Waals surface area (Å²) in [4.78, 5) is 37.6. The third-order valence-corrected chi connectivity index (χ3v) is 6.16. The number of nitrogen functional groups attached to an aromatic ring is 1. The van der Waals surface area contributed by atoms with Crippen LogP contribution in [0.1, 0.15) is 74.9 Å². The first kappa shape index (κ1) is 28.8. The molecule has 0 aliphatic heterocycles. The molecular formula is C30H34F2N2O4. The van der Waals surface area contributed by atoms with Gasteiger partial charge in [0.25, 0.3) is 5.56 Å². The van der Waals surface area contributed by atoms with Gasteiger partial charge in [-0.25, -0.2) is 8.78 Å². The zero-order valence-corrected chi connectivity index (χ0v) is 22.2. The van der Waals surface area contributed by atoms with Crippen molar-refractivity contribution in [3.8, 4) is 5.69 Å². The van der Waals surface area contributed by atoms with Crippen molar-refractivity contribution in [2.45, 2.75) is 65.4 Å². The van der Waals surface area contributed by atoms with Gasteiger partial charge in [-0.2, -0.15) is 0 Å². The number of benzene rings is 2. The maximum Gasteiger partial charge on any atom is 0.309 e. The minimum Gasteiger partial charge on any atom is -0.460 e. The van der Waals surface area contributed by atoms with E-state index in [1.165, 1.54) is 16.7 Å². The van der Waals surface area contributed by atoms with Crippen LogP contribution in [0.15, 0.2) is 59.4 Å². The number of pyridine rings is 1. The summed E-state index contributed by atoms with van der Waals surface area (Å²) in [7, 11) is 0. The van der Waals surface area contributed by atoms with E-state index in [9.17, 15) is 23.2 Å². The van der Waals surface area contributed by atoms with E-state index in [2.05, 4.69) is 0 Å². The highest BCUT2D eigenvalue weighted by molar-refractivity contribution is 6.11. The number of unbranched alkanes of at least 4 members (excludes halogenated alkanes) is 2. The molecule has 3 aromatic rings. The van der Waals surface area contributed by atoms with Crippen molar-refractivity contribution in [3.05, 3.63) is 93.3 Å². The highest BCUT2D eigenvalue weighted by atomic mass is 19.1. The molecule has 8 heteroatoms. The first-order chi connectivity index (χ1) is 17.9. The van der Waals surface area contributed by atoms with Gasteiger partial charge in [-0.15, -0.1) is 0 Å². The van der Waals surface area contributed by atoms with Gasteiger partial charge in [0.1, 0.15) is 23.1 Å². The zero-order chi connectivity index (χ0) is 28.0. The number of anilines is 1. The van der Waals surface area contributed by atoms with Crippen LogP contribution in [0.25, 0.3) is 5.69 Å². The molecule has 3 rings (SSSR count). The summed E-state index contributed by atoms with van der Waals surface area (Å²) >= 11 is 0. The second-order valence-electron chi connectivity index (χ2n) is 10.5. The third kappa shape index (κ3) is 7.37. The van der Waals surface area contributed by atoms with Crippen LogP contribution in [0.4, 0.5) is 14.6 Å². The Labute approximate surface area is 221 Å². The molecule has 1 aromatic heterocycles. The highest BCUT2D eigenvalue weighted by Crippen LogP contribution is 2.22. The Balaban J connectivity index is 1.63. The molecule has 2 aromatic carbocycles. The van der Waals surface area contributed by atoms with Gasteiger partial charge in [0.05, 0.1) is 22.7 Å². The van der Waals surface area contributed by atoms with Crippen molar-refractivity contribution in [2.75, 3.05) is 5.73 Å². The molecule has 6 nitrogen and oxygen atoms in total. The molecule has 0 saturated heterocycles. The molecule has 2 N–H and O–H groups in total. The van der Waals surface area contributed by atoms with Gasteiger partial charge in [-0.3, -0.25) is 19.0 Å². The van der Waals surface area contributed by atoms with Crippen molar-refractivity contribution in [1.29, 1.82) is 0 Å². The molecule has 0 unspecified atom stereocenters. The summed E-state index contributed by atoms with van der Waals surface area (Å²) in [6, 6.07) is 12.4. The van der Waals surface area contributed by atoms with Crippen LogP contribution in [0.3, 0.4) is 0 Å². The number of halogens is 2. The monoisotopic (exact) mass is 524 g/mol. The zero-order valence-electron chi connectivity index (χ0n) is 22.2. The summed E-state index contributed by atoms with van der Waals surface area (Å²) < 4.78 is 34.0. The van der Waals surface area contributed by atoms with Gasteiger partial charge in [-0.1, -0.05) is 31.9 Å². The minimum absolute atomic E-state index is 0.0557. The molecule has 202 valence electrons. The number of hydrogen-bond donors (Lipinski definition) is 1. The van der Waals surface area contributed by atoms with Crippen LogP contribution in [-0.4, -0.2) is 21.9 Å². The predicted octanol–water partition coefficient (Wildman–Crippen LogP) is 6.01. The Morgan fingerprint density at radius 2 is 1.61 bits per heavy atom. The fourth-order valence-electron chi connectivity index (χ4n) is 4.12. The van der Waals surface area contributed by atoms with E-state index >= 15 is 0 Å². The molecule has 0 bridgehead atoms. The third-order valence-electron chi connectivity index (χ3n) is 6.16. The SMILES string of the molecule is C[C@H](CCCCCc1ccc(-n2c(N)c(C(=O)c3ccc(F)cc3F)ccc2=O)cc1)C(=O)OC(C)(C)C. The van der Waals surface area contributed by atoms with Crippen LogP contribution < -0.4 is 11.3 Å². The number of carbonyl (C=O) groups excluding carboxylic acids is 2. The lowest BCUT2D eigenvalue weighted by atomic mass is 10.0. The van der Waals surface area contributed by atoms with E-state index in [1.807, 2.05) is 39.8 Å². The van der Waals surface area contributed by atoms with Gasteiger partial charge in [0, 0.05) is 12.1 Å². The Bertz CT molecular complexity index is 1360. The lowest BCUT2D eigenvalue weighted by Gasteiger charge is -2.22. The number of ether oxygens (including phenoxy) is 1. The van der Waals surface area contributed by atoms with Crippen molar-refractivity contribution in [1.82, 2.24) is 4.57 Å². The number of esters is 1. The van der Waals surface area contributed by atoms with Crippen molar-refractivity contribution in [3.63, 3.8) is 0 Å². The Morgan fingerprint density at radius 3 is 2.24 bits per heavy atom. The van der Waals surface area contributed by atoms with Crippen molar-refractivity contribution >= 4 is 17.6 Å². The van der Waals surface area contributed by atoms with Gasteiger partial charge in [0.15, 0.2) is 5.78 Å². The molecular weight excluding hydrogens is 490 g/mol. The molecule has 0 aliphatic rings. The maximum absolute atomic E-state index is 14.2. The normalized spacial score (nSPS) is 12.3. The maximum atomic E-state index is 14.2. The lowest BCUT2D eigenvalue weighted by molar-refractivity contribution is -0.159. The van der Waals surface area contributed by atoms with E-state index in [4.69, 9.17) is 10.5 Å². The molecule has 0 spiro atoms. The molecule has 0 saturated carbocycles. The predicted molar refractivity (Wildman–Crippen MR) is 143 cm³/mol. The number of aromatic nitrogens is 1. The molecule has 0 radical (unpaired) electrons. The summed E-state index contributed by atoms with van der Waals surface area (Å²) in [5.74, 6) is -2.98. The van der Waals surface area contributed by atoms with E-state index in [0.29, 0.717) is 11.8 Å². The smallest absolute Gasteiger partial charge is 0.309 e. The first-order valence-electron chi connectivity index (χ1n) is 12.7. The molecule has 1 heterocycles. The van der Waals surface area contributed by atoms with Crippen molar-refractivity contribution in [2.24, 2.45) is 5.92 Å². The second kappa shape index (κ2) is 12.2. The Morgan fingerprint density at radius 1 is 0.947 bits per heavy atom. The van der Waals surface area contributed by atoms with E-state index in [-0.39, 0.29) is 28.8 Å². The lowest BCUT2D eigenvalue weighted by Crippen LogP contribution is -2.27. The number of rotatable bonds is 10. The first-order valence-corrected chi connectivity index (χ1v) is 12.7. The van der Waals surface area contributed by atoms with E-state index < -0.39 is 28.6 Å². The number of ketones is 1. The average Bonchev–Trinajstić information content (AvgIpc) is 2.83. The summed E-state index contributed by atoms with van der Waals surface area (Å²) in [6.45, 7) is 7.47. The average molecular weight is 525 g/mol. The number of aryl methyl sites for hydroxylation is 1. The van der Waals surface area contributed by atoms with Crippen LogP contribution >= 0.6 is 0 Å². The van der Waals surface area contributed by atoms with Gasteiger partial charge < -0.3 is 10.5 Å². The topological polar surface area (TPSA) is 91.4 Å². The molecule has 0 amide bonds. The second-order valence-corrected chi connectivity index (χ2v) is 10.5. The molecule has 0 fully saturated rings. The Kier molecular flexibility index (Phi) is 9.20. The molecule has 1 atom stereocenters. The van der Waals surface area contributed by atoms with Crippen molar-refractivity contribution < 1.29 is 23.1 Å². The fourth-order valence-corrected chi connectivity index (χ4v) is 4.12. The van der Waals surface area contributed by atoms with Gasteiger partial charge in [-0.05, 0) is 75.9 Å². The van der Waals surface area contributed by atoms with E-state index in [0.717, 1.165) is 49.8 Å². The number of nitrogens with two attached hydrogens (primary N) is 1. The quantitative estimate of drug-likeness (QED) is 0.199. The van der Waals surface area contributed by atoms with Gasteiger partial charge in [0.2, 0.25) is 0 Å². The summed E-state index contributed by atoms with van der Waals surface area (Å²) in [5.41, 5.74) is 6.41. The Hall–Kier alpha value is -3.81. The fraction of sp³-hybridized carbons (Fsp3) is 0.367. The summed E-state index contributed by atoms with van der Waals surface area (Å²) in [6.07, 6.45) is 4.42. The number of nitrogens with zero attached hydrogens (tertiary/aromatic N) is 1. The van der Waals surface area contributed by atoms with E-state index in [1.54, 1.807) is 12.1 Å². The number of carbonyl (C=O) groups is 2. The van der Waals surface area contributed by atoms with Crippen LogP contribution in [0.2, 0.25) is 0 Å². The van der Waals surface area contributed by atoms with Crippen LogP contribution in [0.5, 0.6) is 0 Å². The largest absolute Gasteiger partial charge is 0.460 e. The summed E-state index contributed by atoms with van der Waals surface area (Å²) in [5, 5.41) is 0. The number of hydrogen-bond acceptors (Lipinski definition) is 5.